The monoisotopic (exact) mass is 406 g/mol. The van der Waals surface area contributed by atoms with Gasteiger partial charge in [-0.15, -0.1) is 0 Å². The van der Waals surface area contributed by atoms with Crippen LogP contribution in [-0.4, -0.2) is 5.78 Å². The highest BCUT2D eigenvalue weighted by molar-refractivity contribution is 5.98. The van der Waals surface area contributed by atoms with E-state index in [9.17, 15) is 4.79 Å². The minimum Gasteiger partial charge on any atom is -0.294 e. The van der Waals surface area contributed by atoms with Gasteiger partial charge in [-0.1, -0.05) is 39.3 Å². The zero-order valence-corrected chi connectivity index (χ0v) is 20.0. The SMILES string of the molecule is Cc1ccc(C(=O)[C@H]2CCC3C4CCC5CC(C)CCC5(C)C4CCC32C)cc1C. The molecule has 4 saturated carbocycles. The van der Waals surface area contributed by atoms with Gasteiger partial charge in [-0.05, 0) is 123 Å². The Hall–Kier alpha value is -1.11. The van der Waals surface area contributed by atoms with Crippen LogP contribution in [0.4, 0.5) is 0 Å². The Labute approximate surface area is 184 Å². The Morgan fingerprint density at radius 3 is 2.37 bits per heavy atom. The summed E-state index contributed by atoms with van der Waals surface area (Å²) in [5.41, 5.74) is 4.30. The summed E-state index contributed by atoms with van der Waals surface area (Å²) < 4.78 is 0. The van der Waals surface area contributed by atoms with E-state index >= 15 is 0 Å². The average Bonchev–Trinajstić information content (AvgIpc) is 3.07. The number of Topliss-reactive ketones (excluding diaryl/α,β-unsaturated/α-hetero) is 1. The standard InChI is InChI=1S/C29H42O/c1-18-12-14-28(4)22(16-18)8-9-23-24-10-11-26(29(24,5)15-13-25(23)28)27(30)21-7-6-19(2)20(3)17-21/h6-7,17-18,22-26H,8-16H2,1-5H3/t18?,22?,23?,24?,25?,26-,28?,29?/m1/s1. The normalized spacial score (nSPS) is 45.4. The van der Waals surface area contributed by atoms with Crippen LogP contribution >= 0.6 is 0 Å². The van der Waals surface area contributed by atoms with Crippen molar-refractivity contribution in [2.45, 2.75) is 92.4 Å². The van der Waals surface area contributed by atoms with Crippen LogP contribution < -0.4 is 0 Å². The highest BCUT2D eigenvalue weighted by Crippen LogP contribution is 2.68. The Morgan fingerprint density at radius 2 is 1.60 bits per heavy atom. The van der Waals surface area contributed by atoms with Crippen molar-refractivity contribution in [3.05, 3.63) is 34.9 Å². The molecule has 1 heteroatoms. The van der Waals surface area contributed by atoms with Crippen LogP contribution in [0.5, 0.6) is 0 Å². The van der Waals surface area contributed by atoms with E-state index in [4.69, 9.17) is 0 Å². The molecule has 164 valence electrons. The summed E-state index contributed by atoms with van der Waals surface area (Å²) >= 11 is 0. The van der Waals surface area contributed by atoms with E-state index in [1.54, 1.807) is 0 Å². The number of benzene rings is 1. The van der Waals surface area contributed by atoms with Gasteiger partial charge in [-0.3, -0.25) is 4.79 Å². The zero-order valence-electron chi connectivity index (χ0n) is 20.0. The smallest absolute Gasteiger partial charge is 0.166 e. The van der Waals surface area contributed by atoms with Crippen LogP contribution in [0.3, 0.4) is 0 Å². The predicted molar refractivity (Wildman–Crippen MR) is 125 cm³/mol. The van der Waals surface area contributed by atoms with Crippen molar-refractivity contribution in [1.29, 1.82) is 0 Å². The molecule has 4 fully saturated rings. The molecule has 0 heterocycles. The zero-order chi connectivity index (χ0) is 21.3. The Morgan fingerprint density at radius 1 is 0.867 bits per heavy atom. The van der Waals surface area contributed by atoms with Crippen LogP contribution in [0.15, 0.2) is 18.2 Å². The lowest BCUT2D eigenvalue weighted by Gasteiger charge is -2.61. The van der Waals surface area contributed by atoms with E-state index in [1.807, 2.05) is 0 Å². The first-order valence-corrected chi connectivity index (χ1v) is 12.9. The maximum Gasteiger partial charge on any atom is 0.166 e. The Balaban J connectivity index is 1.40. The van der Waals surface area contributed by atoms with E-state index in [2.05, 4.69) is 52.8 Å². The topological polar surface area (TPSA) is 17.1 Å². The lowest BCUT2D eigenvalue weighted by molar-refractivity contribution is -0.114. The van der Waals surface area contributed by atoms with E-state index in [0.29, 0.717) is 11.2 Å². The average molecular weight is 407 g/mol. The van der Waals surface area contributed by atoms with Crippen molar-refractivity contribution < 1.29 is 4.79 Å². The van der Waals surface area contributed by atoms with Crippen LogP contribution in [-0.2, 0) is 0 Å². The van der Waals surface area contributed by atoms with Crippen LogP contribution in [0, 0.1) is 60.2 Å². The van der Waals surface area contributed by atoms with Crippen molar-refractivity contribution in [2.24, 2.45) is 46.3 Å². The van der Waals surface area contributed by atoms with Gasteiger partial charge < -0.3 is 0 Å². The summed E-state index contributed by atoms with van der Waals surface area (Å²) in [6.07, 6.45) is 12.3. The molecule has 1 aromatic rings. The second-order valence-corrected chi connectivity index (χ2v) is 12.4. The fraction of sp³-hybridized carbons (Fsp3) is 0.759. The minimum atomic E-state index is 0.224. The Bertz CT molecular complexity index is 839. The molecule has 4 aliphatic carbocycles. The number of fused-ring (bicyclic) bond motifs is 5. The van der Waals surface area contributed by atoms with Crippen molar-refractivity contribution in [2.75, 3.05) is 0 Å². The first-order chi connectivity index (χ1) is 14.2. The van der Waals surface area contributed by atoms with Gasteiger partial charge in [0.15, 0.2) is 5.78 Å². The number of rotatable bonds is 2. The second-order valence-electron chi connectivity index (χ2n) is 12.4. The molecule has 0 bridgehead atoms. The minimum absolute atomic E-state index is 0.224. The number of hydrogen-bond donors (Lipinski definition) is 0. The third kappa shape index (κ3) is 2.97. The fourth-order valence-electron chi connectivity index (χ4n) is 9.00. The number of carbonyl (C=O) groups excluding carboxylic acids is 1. The summed E-state index contributed by atoms with van der Waals surface area (Å²) in [7, 11) is 0. The second kappa shape index (κ2) is 7.21. The third-order valence-electron chi connectivity index (χ3n) is 11.0. The van der Waals surface area contributed by atoms with Crippen molar-refractivity contribution in [3.63, 3.8) is 0 Å². The number of aryl methyl sites for hydroxylation is 2. The molecule has 1 nitrogen and oxygen atoms in total. The van der Waals surface area contributed by atoms with Crippen molar-refractivity contribution in [1.82, 2.24) is 0 Å². The van der Waals surface area contributed by atoms with Gasteiger partial charge in [0.05, 0.1) is 0 Å². The maximum atomic E-state index is 13.7. The van der Waals surface area contributed by atoms with Crippen molar-refractivity contribution >= 4 is 5.78 Å². The van der Waals surface area contributed by atoms with Crippen LogP contribution in [0.2, 0.25) is 0 Å². The Kier molecular flexibility index (Phi) is 4.99. The molecule has 5 rings (SSSR count). The van der Waals surface area contributed by atoms with Gasteiger partial charge in [-0.25, -0.2) is 0 Å². The molecule has 30 heavy (non-hydrogen) atoms. The molecule has 0 aliphatic heterocycles. The third-order valence-corrected chi connectivity index (χ3v) is 11.0. The van der Waals surface area contributed by atoms with Gasteiger partial charge >= 0.3 is 0 Å². The van der Waals surface area contributed by atoms with Crippen LogP contribution in [0.25, 0.3) is 0 Å². The van der Waals surface area contributed by atoms with E-state index < -0.39 is 0 Å². The first-order valence-electron chi connectivity index (χ1n) is 12.9. The lowest BCUT2D eigenvalue weighted by atomic mass is 9.44. The maximum absolute atomic E-state index is 13.7. The largest absolute Gasteiger partial charge is 0.294 e. The number of carbonyl (C=O) groups is 1. The van der Waals surface area contributed by atoms with Gasteiger partial charge in [0.2, 0.25) is 0 Å². The van der Waals surface area contributed by atoms with Crippen molar-refractivity contribution in [3.8, 4) is 0 Å². The van der Waals surface area contributed by atoms with E-state index in [1.165, 1.54) is 62.5 Å². The molecule has 0 amide bonds. The highest BCUT2D eigenvalue weighted by atomic mass is 16.1. The summed E-state index contributed by atoms with van der Waals surface area (Å²) in [6.45, 7) is 11.9. The summed E-state index contributed by atoms with van der Waals surface area (Å²) in [5.74, 6) is 5.12. The summed E-state index contributed by atoms with van der Waals surface area (Å²) in [5, 5.41) is 0. The molecule has 8 atom stereocenters. The number of hydrogen-bond acceptors (Lipinski definition) is 1. The van der Waals surface area contributed by atoms with Crippen LogP contribution in [0.1, 0.15) is 100 Å². The highest BCUT2D eigenvalue weighted by Gasteiger charge is 2.61. The molecule has 4 aliphatic rings. The fourth-order valence-corrected chi connectivity index (χ4v) is 9.00. The van der Waals surface area contributed by atoms with Gasteiger partial charge in [0.1, 0.15) is 0 Å². The molecule has 0 saturated heterocycles. The number of ketones is 1. The summed E-state index contributed by atoms with van der Waals surface area (Å²) in [6, 6.07) is 6.37. The molecular weight excluding hydrogens is 364 g/mol. The summed E-state index contributed by atoms with van der Waals surface area (Å²) in [4.78, 5) is 13.7. The molecular formula is C29H42O. The van der Waals surface area contributed by atoms with E-state index in [0.717, 1.165) is 41.6 Å². The molecule has 1 aromatic carbocycles. The van der Waals surface area contributed by atoms with Gasteiger partial charge in [0, 0.05) is 11.5 Å². The van der Waals surface area contributed by atoms with Gasteiger partial charge in [-0.2, -0.15) is 0 Å². The first kappa shape index (κ1) is 20.8. The molecule has 0 spiro atoms. The quantitative estimate of drug-likeness (QED) is 0.458. The predicted octanol–water partition coefficient (Wildman–Crippen LogP) is 7.78. The van der Waals surface area contributed by atoms with E-state index in [-0.39, 0.29) is 11.3 Å². The molecule has 0 N–H and O–H groups in total. The lowest BCUT2D eigenvalue weighted by Crippen LogP contribution is -2.53. The molecule has 0 aromatic heterocycles. The molecule has 0 radical (unpaired) electrons. The molecule has 7 unspecified atom stereocenters. The van der Waals surface area contributed by atoms with Gasteiger partial charge in [0.25, 0.3) is 0 Å².